The Morgan fingerprint density at radius 3 is 2.62 bits per heavy atom. The highest BCUT2D eigenvalue weighted by atomic mass is 32.2. The largest absolute Gasteiger partial charge is 0.264 e. The molecule has 8 nitrogen and oxygen atoms in total. The number of rotatable bonds is 3. The third-order valence-corrected chi connectivity index (χ3v) is 3.83. The van der Waals surface area contributed by atoms with E-state index in [-0.39, 0.29) is 10.7 Å². The maximum Gasteiger partial charge on any atom is 0.238 e. The van der Waals surface area contributed by atoms with Gasteiger partial charge in [-0.05, 0) is 22.9 Å². The minimum atomic E-state index is -3.93. The van der Waals surface area contributed by atoms with Crippen molar-refractivity contribution in [3.8, 4) is 22.5 Å². The molecule has 0 unspecified atom stereocenters. The average molecular weight is 302 g/mol. The summed E-state index contributed by atoms with van der Waals surface area (Å²) >= 11 is 0. The number of nitrogens with zero attached hydrogens (tertiary/aromatic N) is 4. The molecule has 0 aliphatic heterocycles. The van der Waals surface area contributed by atoms with E-state index in [1.54, 1.807) is 36.7 Å². The summed E-state index contributed by atoms with van der Waals surface area (Å²) in [4.78, 5) is 3.97. The van der Waals surface area contributed by atoms with E-state index < -0.39 is 10.0 Å². The number of sulfonamides is 1. The Kier molecular flexibility index (Phi) is 3.20. The number of pyridine rings is 1. The maximum absolute atomic E-state index is 11.8. The quantitative estimate of drug-likeness (QED) is 0.728. The summed E-state index contributed by atoms with van der Waals surface area (Å²) in [6, 6.07) is 8.31. The van der Waals surface area contributed by atoms with E-state index in [1.807, 2.05) is 0 Å². The Bertz CT molecular complexity index is 862. The van der Waals surface area contributed by atoms with Crippen LogP contribution in [0.5, 0.6) is 0 Å². The highest BCUT2D eigenvalue weighted by Crippen LogP contribution is 2.34. The van der Waals surface area contributed by atoms with Gasteiger partial charge in [0.05, 0.1) is 10.5 Å². The minimum absolute atomic E-state index is 0.0646. The van der Waals surface area contributed by atoms with Crippen molar-refractivity contribution in [2.45, 2.75) is 4.90 Å². The summed E-state index contributed by atoms with van der Waals surface area (Å²) in [5.41, 5.74) is 1.63. The number of nitrogens with one attached hydrogen (secondary N) is 1. The lowest BCUT2D eigenvalue weighted by Crippen LogP contribution is -2.14. The highest BCUT2D eigenvalue weighted by molar-refractivity contribution is 7.89. The van der Waals surface area contributed by atoms with E-state index in [4.69, 9.17) is 5.14 Å². The zero-order valence-corrected chi connectivity index (χ0v) is 11.4. The zero-order chi connectivity index (χ0) is 14.9. The van der Waals surface area contributed by atoms with Gasteiger partial charge in [-0.15, -0.1) is 10.2 Å². The van der Waals surface area contributed by atoms with Crippen LogP contribution >= 0.6 is 0 Å². The van der Waals surface area contributed by atoms with Crippen molar-refractivity contribution in [1.29, 1.82) is 0 Å². The van der Waals surface area contributed by atoms with Crippen molar-refractivity contribution >= 4 is 10.0 Å². The molecule has 0 spiro atoms. The first kappa shape index (κ1) is 13.3. The van der Waals surface area contributed by atoms with Crippen LogP contribution in [-0.2, 0) is 10.0 Å². The number of hydrogen-bond donors (Lipinski definition) is 2. The zero-order valence-electron chi connectivity index (χ0n) is 10.6. The van der Waals surface area contributed by atoms with Gasteiger partial charge in [-0.2, -0.15) is 5.21 Å². The fraction of sp³-hybridized carbons (Fsp3) is 0. The molecule has 3 rings (SSSR count). The van der Waals surface area contributed by atoms with Crippen LogP contribution in [0.4, 0.5) is 0 Å². The predicted octanol–water partition coefficient (Wildman–Crippen LogP) is 0.576. The molecule has 0 aliphatic rings. The lowest BCUT2D eigenvalue weighted by Gasteiger charge is -2.10. The molecule has 1 aromatic carbocycles. The smallest absolute Gasteiger partial charge is 0.238 e. The number of hydrogen-bond acceptors (Lipinski definition) is 6. The topological polar surface area (TPSA) is 128 Å². The van der Waals surface area contributed by atoms with Gasteiger partial charge in [-0.3, -0.25) is 4.98 Å². The third kappa shape index (κ3) is 2.51. The molecule has 0 fully saturated rings. The van der Waals surface area contributed by atoms with Crippen molar-refractivity contribution in [2.75, 3.05) is 0 Å². The van der Waals surface area contributed by atoms with Crippen LogP contribution in [0, 0.1) is 0 Å². The normalized spacial score (nSPS) is 11.5. The minimum Gasteiger partial charge on any atom is -0.264 e. The Morgan fingerprint density at radius 2 is 2.00 bits per heavy atom. The maximum atomic E-state index is 11.8. The molecule has 3 N–H and O–H groups in total. The number of benzene rings is 1. The highest BCUT2D eigenvalue weighted by Gasteiger charge is 2.22. The first-order valence-electron chi connectivity index (χ1n) is 5.87. The third-order valence-electron chi connectivity index (χ3n) is 2.87. The van der Waals surface area contributed by atoms with E-state index in [1.165, 1.54) is 6.07 Å². The summed E-state index contributed by atoms with van der Waals surface area (Å²) in [6.45, 7) is 0. The molecular weight excluding hydrogens is 292 g/mol. The second kappa shape index (κ2) is 5.04. The summed E-state index contributed by atoms with van der Waals surface area (Å²) in [6.07, 6.45) is 3.24. The van der Waals surface area contributed by atoms with E-state index in [9.17, 15) is 8.42 Å². The van der Waals surface area contributed by atoms with Crippen molar-refractivity contribution in [3.05, 3.63) is 42.7 Å². The molecule has 2 heterocycles. The van der Waals surface area contributed by atoms with Crippen molar-refractivity contribution in [2.24, 2.45) is 5.14 Å². The average Bonchev–Trinajstić information content (AvgIpc) is 3.00. The number of aromatic amines is 1. The van der Waals surface area contributed by atoms with Gasteiger partial charge in [0.25, 0.3) is 0 Å². The van der Waals surface area contributed by atoms with Crippen molar-refractivity contribution in [1.82, 2.24) is 25.6 Å². The van der Waals surface area contributed by atoms with Gasteiger partial charge >= 0.3 is 0 Å². The Morgan fingerprint density at radius 1 is 1.14 bits per heavy atom. The van der Waals surface area contributed by atoms with Crippen molar-refractivity contribution < 1.29 is 8.42 Å². The molecule has 21 heavy (non-hydrogen) atoms. The first-order valence-corrected chi connectivity index (χ1v) is 7.42. The van der Waals surface area contributed by atoms with Crippen LogP contribution < -0.4 is 5.14 Å². The Labute approximate surface area is 120 Å². The number of nitrogens with two attached hydrogens (primary N) is 1. The van der Waals surface area contributed by atoms with Gasteiger partial charge in [0.2, 0.25) is 15.8 Å². The standard InChI is InChI=1S/C12H10N6O2S/c13-21(19,20)10-5-1-4-9(8-3-2-6-14-7-8)11(10)12-15-17-18-16-12/h1-7H,(H2,13,19,20)(H,15,16,17,18). The fourth-order valence-corrected chi connectivity index (χ4v) is 2.78. The molecule has 0 amide bonds. The molecular formula is C12H10N6O2S. The summed E-state index contributed by atoms with van der Waals surface area (Å²) in [7, 11) is -3.93. The van der Waals surface area contributed by atoms with Gasteiger partial charge in [0.1, 0.15) is 0 Å². The molecule has 3 aromatic rings. The fourth-order valence-electron chi connectivity index (χ4n) is 2.03. The van der Waals surface area contributed by atoms with Crippen LogP contribution in [0.25, 0.3) is 22.5 Å². The molecule has 0 saturated carbocycles. The van der Waals surface area contributed by atoms with E-state index >= 15 is 0 Å². The summed E-state index contributed by atoms with van der Waals surface area (Å²) in [5.74, 6) is 0.151. The molecule has 0 saturated heterocycles. The van der Waals surface area contributed by atoms with Gasteiger partial charge < -0.3 is 0 Å². The van der Waals surface area contributed by atoms with Crippen molar-refractivity contribution in [3.63, 3.8) is 0 Å². The number of aromatic nitrogens is 5. The van der Waals surface area contributed by atoms with Gasteiger partial charge in [0, 0.05) is 18.0 Å². The molecule has 0 atom stereocenters. The van der Waals surface area contributed by atoms with E-state index in [0.29, 0.717) is 11.1 Å². The molecule has 0 radical (unpaired) electrons. The van der Waals surface area contributed by atoms with Gasteiger partial charge in [-0.1, -0.05) is 18.2 Å². The van der Waals surface area contributed by atoms with E-state index in [2.05, 4.69) is 25.6 Å². The number of primary sulfonamides is 1. The molecule has 106 valence electrons. The monoisotopic (exact) mass is 302 g/mol. The first-order chi connectivity index (χ1) is 10.1. The summed E-state index contributed by atoms with van der Waals surface area (Å²) < 4.78 is 23.6. The Hall–Kier alpha value is -2.65. The molecule has 0 aliphatic carbocycles. The van der Waals surface area contributed by atoms with Crippen LogP contribution in [0.2, 0.25) is 0 Å². The number of tetrazole rings is 1. The van der Waals surface area contributed by atoms with Crippen LogP contribution in [0.1, 0.15) is 0 Å². The summed E-state index contributed by atoms with van der Waals surface area (Å²) in [5, 5.41) is 18.8. The predicted molar refractivity (Wildman–Crippen MR) is 74.2 cm³/mol. The lowest BCUT2D eigenvalue weighted by atomic mass is 10.0. The Balaban J connectivity index is 2.36. The second-order valence-electron chi connectivity index (χ2n) is 4.20. The van der Waals surface area contributed by atoms with Gasteiger partial charge in [-0.25, -0.2) is 13.6 Å². The van der Waals surface area contributed by atoms with Crippen LogP contribution in [-0.4, -0.2) is 34.0 Å². The lowest BCUT2D eigenvalue weighted by molar-refractivity contribution is 0.598. The second-order valence-corrected chi connectivity index (χ2v) is 5.73. The molecule has 0 bridgehead atoms. The van der Waals surface area contributed by atoms with Crippen LogP contribution in [0.3, 0.4) is 0 Å². The number of H-pyrrole nitrogens is 1. The van der Waals surface area contributed by atoms with Gasteiger partial charge in [0.15, 0.2) is 0 Å². The molecule has 9 heteroatoms. The SMILES string of the molecule is NS(=O)(=O)c1cccc(-c2cccnc2)c1-c1nn[nH]n1. The van der Waals surface area contributed by atoms with Crippen LogP contribution in [0.15, 0.2) is 47.6 Å². The van der Waals surface area contributed by atoms with E-state index in [0.717, 1.165) is 5.56 Å². The molecule has 2 aromatic heterocycles.